The molecule has 2 aromatic carbocycles. The third kappa shape index (κ3) is 4.09. The summed E-state index contributed by atoms with van der Waals surface area (Å²) in [6.45, 7) is 1.93. The minimum absolute atomic E-state index is 0.0118. The molecule has 7 nitrogen and oxygen atoms in total. The number of rotatable bonds is 7. The van der Waals surface area contributed by atoms with Gasteiger partial charge < -0.3 is 25.2 Å². The highest BCUT2D eigenvalue weighted by atomic mass is 16.5. The van der Waals surface area contributed by atoms with E-state index in [0.29, 0.717) is 22.8 Å². The molecule has 1 unspecified atom stereocenters. The number of fused-ring (bicyclic) bond motifs is 1. The first-order chi connectivity index (χ1) is 13.4. The van der Waals surface area contributed by atoms with Crippen LogP contribution >= 0.6 is 0 Å². The molecule has 0 fully saturated rings. The first-order valence-corrected chi connectivity index (χ1v) is 8.78. The van der Waals surface area contributed by atoms with Crippen molar-refractivity contribution >= 4 is 28.8 Å². The molecular formula is C21H22N2O5. The summed E-state index contributed by atoms with van der Waals surface area (Å²) in [7, 11) is 3.10. The van der Waals surface area contributed by atoms with Crippen LogP contribution in [0.25, 0.3) is 5.57 Å². The van der Waals surface area contributed by atoms with Gasteiger partial charge in [0, 0.05) is 28.9 Å². The van der Waals surface area contributed by atoms with Crippen molar-refractivity contribution < 1.29 is 24.2 Å². The van der Waals surface area contributed by atoms with Crippen molar-refractivity contribution in [2.75, 3.05) is 24.9 Å². The first-order valence-electron chi connectivity index (χ1n) is 8.78. The average molecular weight is 382 g/mol. The van der Waals surface area contributed by atoms with E-state index in [1.54, 1.807) is 38.5 Å². The van der Waals surface area contributed by atoms with E-state index in [-0.39, 0.29) is 18.4 Å². The largest absolute Gasteiger partial charge is 0.493 e. The maximum Gasteiger partial charge on any atom is 0.307 e. The lowest BCUT2D eigenvalue weighted by Gasteiger charge is -2.13. The van der Waals surface area contributed by atoms with Crippen LogP contribution in [-0.2, 0) is 16.0 Å². The number of anilines is 2. The smallest absolute Gasteiger partial charge is 0.307 e. The molecule has 28 heavy (non-hydrogen) atoms. The maximum atomic E-state index is 12.4. The minimum Gasteiger partial charge on any atom is -0.493 e. The summed E-state index contributed by atoms with van der Waals surface area (Å²) in [5, 5.41) is 15.0. The summed E-state index contributed by atoms with van der Waals surface area (Å²) >= 11 is 0. The van der Waals surface area contributed by atoms with Crippen LogP contribution in [0, 0.1) is 0 Å². The van der Waals surface area contributed by atoms with E-state index in [0.717, 1.165) is 16.8 Å². The summed E-state index contributed by atoms with van der Waals surface area (Å²) in [5.41, 5.74) is 3.56. The zero-order chi connectivity index (χ0) is 20.3. The van der Waals surface area contributed by atoms with Gasteiger partial charge in [-0.2, -0.15) is 0 Å². The number of nitrogens with one attached hydrogen (secondary N) is 2. The van der Waals surface area contributed by atoms with Gasteiger partial charge in [0.15, 0.2) is 11.5 Å². The third-order valence-corrected chi connectivity index (χ3v) is 4.43. The van der Waals surface area contributed by atoms with Crippen molar-refractivity contribution in [3.05, 3.63) is 53.6 Å². The van der Waals surface area contributed by atoms with Crippen LogP contribution in [0.3, 0.4) is 0 Å². The van der Waals surface area contributed by atoms with Crippen LogP contribution in [-0.4, -0.2) is 37.2 Å². The number of ether oxygens (including phenoxy) is 2. The molecule has 3 rings (SSSR count). The summed E-state index contributed by atoms with van der Waals surface area (Å²) in [5.74, 6) is 0.0567. The predicted octanol–water partition coefficient (Wildman–Crippen LogP) is 3.17. The van der Waals surface area contributed by atoms with E-state index >= 15 is 0 Å². The summed E-state index contributed by atoms with van der Waals surface area (Å²) < 4.78 is 10.6. The van der Waals surface area contributed by atoms with Crippen LogP contribution in [0.2, 0.25) is 0 Å². The summed E-state index contributed by atoms with van der Waals surface area (Å²) in [6.07, 6.45) is 1.83. The molecule has 1 atom stereocenters. The van der Waals surface area contributed by atoms with Gasteiger partial charge in [-0.1, -0.05) is 12.1 Å². The number of carboxylic acids is 1. The lowest BCUT2D eigenvalue weighted by molar-refractivity contribution is -0.136. The molecule has 0 radical (unpaired) electrons. The zero-order valence-electron chi connectivity index (χ0n) is 15.9. The normalized spacial score (nSPS) is 15.0. The maximum absolute atomic E-state index is 12.4. The highest BCUT2D eigenvalue weighted by Gasteiger charge is 2.27. The molecule has 1 aliphatic rings. The second-order valence-electron chi connectivity index (χ2n) is 6.49. The molecule has 0 aromatic heterocycles. The van der Waals surface area contributed by atoms with E-state index in [1.807, 2.05) is 25.1 Å². The monoisotopic (exact) mass is 382 g/mol. The molecule has 1 amide bonds. The number of carbonyl (C=O) groups is 2. The van der Waals surface area contributed by atoms with Gasteiger partial charge in [0.25, 0.3) is 5.91 Å². The second kappa shape index (κ2) is 8.04. The van der Waals surface area contributed by atoms with Gasteiger partial charge in [-0.3, -0.25) is 9.59 Å². The Labute approximate surface area is 163 Å². The number of hydrogen-bond acceptors (Lipinski definition) is 5. The molecule has 0 aliphatic carbocycles. The highest BCUT2D eigenvalue weighted by Crippen LogP contribution is 2.40. The summed E-state index contributed by atoms with van der Waals surface area (Å²) in [6, 6.07) is 10.6. The van der Waals surface area contributed by atoms with Crippen molar-refractivity contribution in [1.82, 2.24) is 0 Å². The lowest BCUT2D eigenvalue weighted by atomic mass is 10.0. The summed E-state index contributed by atoms with van der Waals surface area (Å²) in [4.78, 5) is 23.2. The number of aliphatic carboxylic acids is 1. The Bertz CT molecular complexity index is 935. The van der Waals surface area contributed by atoms with Crippen LogP contribution < -0.4 is 20.1 Å². The molecule has 146 valence electrons. The van der Waals surface area contributed by atoms with Gasteiger partial charge in [-0.25, -0.2) is 0 Å². The van der Waals surface area contributed by atoms with Crippen LogP contribution in [0.5, 0.6) is 11.5 Å². The Morgan fingerprint density at radius 2 is 1.82 bits per heavy atom. The van der Waals surface area contributed by atoms with Crippen molar-refractivity contribution in [3.63, 3.8) is 0 Å². The predicted molar refractivity (Wildman–Crippen MR) is 107 cm³/mol. The van der Waals surface area contributed by atoms with Gasteiger partial charge in [0.1, 0.15) is 0 Å². The molecule has 1 aliphatic heterocycles. The number of amides is 1. The molecule has 0 bridgehead atoms. The Balaban J connectivity index is 1.80. The third-order valence-electron chi connectivity index (χ3n) is 4.43. The second-order valence-corrected chi connectivity index (χ2v) is 6.49. The Morgan fingerprint density at radius 1 is 1.18 bits per heavy atom. The van der Waals surface area contributed by atoms with Crippen molar-refractivity contribution in [2.45, 2.75) is 19.4 Å². The molecule has 0 saturated carbocycles. The average Bonchev–Trinajstić information content (AvgIpc) is 2.96. The van der Waals surface area contributed by atoms with E-state index < -0.39 is 5.97 Å². The molecule has 0 spiro atoms. The number of methoxy groups -OCH3 is 2. The number of carboxylic acid groups (broad SMARTS) is 1. The number of hydrogen-bond donors (Lipinski definition) is 3. The molecule has 3 N–H and O–H groups in total. The quantitative estimate of drug-likeness (QED) is 0.637. The fourth-order valence-corrected chi connectivity index (χ4v) is 3.13. The Hall–Kier alpha value is -3.48. The van der Waals surface area contributed by atoms with Gasteiger partial charge in [-0.15, -0.1) is 0 Å². The van der Waals surface area contributed by atoms with Gasteiger partial charge in [0.2, 0.25) is 0 Å². The van der Waals surface area contributed by atoms with Gasteiger partial charge in [-0.05, 0) is 36.8 Å². The molecule has 7 heteroatoms. The molecule has 2 aromatic rings. The number of carbonyl (C=O) groups excluding carboxylic acids is 1. The van der Waals surface area contributed by atoms with Crippen molar-refractivity contribution in [2.24, 2.45) is 0 Å². The molecule has 1 heterocycles. The SMILES string of the molecule is COc1cc2c(cc1OC)C(=CC(C)Nc1ccc(CC(=O)O)cc1)C(=O)N2. The highest BCUT2D eigenvalue weighted by molar-refractivity contribution is 6.31. The fraction of sp³-hybridized carbons (Fsp3) is 0.238. The first kappa shape index (κ1) is 19.3. The van der Waals surface area contributed by atoms with E-state index in [9.17, 15) is 9.59 Å². The fourth-order valence-electron chi connectivity index (χ4n) is 3.13. The molecule has 0 saturated heterocycles. The lowest BCUT2D eigenvalue weighted by Crippen LogP contribution is -2.14. The van der Waals surface area contributed by atoms with E-state index in [2.05, 4.69) is 10.6 Å². The van der Waals surface area contributed by atoms with Crippen LogP contribution in [0.15, 0.2) is 42.5 Å². The number of benzene rings is 2. The van der Waals surface area contributed by atoms with Crippen molar-refractivity contribution in [1.29, 1.82) is 0 Å². The van der Waals surface area contributed by atoms with E-state index in [4.69, 9.17) is 14.6 Å². The van der Waals surface area contributed by atoms with Gasteiger partial charge >= 0.3 is 5.97 Å². The Kier molecular flexibility index (Phi) is 5.54. The Morgan fingerprint density at radius 3 is 2.43 bits per heavy atom. The van der Waals surface area contributed by atoms with Crippen molar-refractivity contribution in [3.8, 4) is 11.5 Å². The standard InChI is InChI=1S/C21H22N2O5/c1-12(22-14-6-4-13(5-7-14)9-20(24)25)8-16-15-10-18(27-2)19(28-3)11-17(15)23-21(16)26/h4-8,10-12,22H,9H2,1-3H3,(H,23,26)(H,24,25). The molecular weight excluding hydrogens is 360 g/mol. The topological polar surface area (TPSA) is 96.9 Å². The van der Waals surface area contributed by atoms with E-state index in [1.165, 1.54) is 0 Å². The van der Waals surface area contributed by atoms with Crippen LogP contribution in [0.1, 0.15) is 18.1 Å². The zero-order valence-corrected chi connectivity index (χ0v) is 15.9. The minimum atomic E-state index is -0.864. The van der Waals surface area contributed by atoms with Gasteiger partial charge in [0.05, 0.1) is 26.3 Å². The van der Waals surface area contributed by atoms with Crippen LogP contribution in [0.4, 0.5) is 11.4 Å².